The normalized spacial score (nSPS) is 33.4. The summed E-state index contributed by atoms with van der Waals surface area (Å²) in [5, 5.41) is 0. The molecule has 2 atom stereocenters. The molecular formula is C11H12. The Hall–Kier alpha value is -1.04. The zero-order chi connectivity index (χ0) is 7.68. The van der Waals surface area contributed by atoms with Gasteiger partial charge in [-0.25, -0.2) is 0 Å². The van der Waals surface area contributed by atoms with E-state index in [4.69, 9.17) is 0 Å². The number of hydrogen-bond acceptors (Lipinski definition) is 0. The third kappa shape index (κ3) is 1.09. The van der Waals surface area contributed by atoms with Crippen LogP contribution in [0.4, 0.5) is 0 Å². The van der Waals surface area contributed by atoms with E-state index in [0.717, 1.165) is 0 Å². The van der Waals surface area contributed by atoms with Gasteiger partial charge in [-0.3, -0.25) is 0 Å². The van der Waals surface area contributed by atoms with Gasteiger partial charge >= 0.3 is 0 Å². The third-order valence-electron chi connectivity index (χ3n) is 2.40. The van der Waals surface area contributed by atoms with Gasteiger partial charge in [0.15, 0.2) is 0 Å². The lowest BCUT2D eigenvalue weighted by molar-refractivity contribution is 0.624. The van der Waals surface area contributed by atoms with E-state index in [1.54, 1.807) is 0 Å². The lowest BCUT2D eigenvalue weighted by Gasteiger charge is -2.24. The molecule has 2 unspecified atom stereocenters. The molecule has 0 aromatic heterocycles. The molecule has 0 spiro atoms. The van der Waals surface area contributed by atoms with Gasteiger partial charge in [0.1, 0.15) is 0 Å². The highest BCUT2D eigenvalue weighted by Gasteiger charge is 2.18. The molecule has 0 N–H and O–H groups in total. The number of allylic oxidation sites excluding steroid dienone is 8. The lowest BCUT2D eigenvalue weighted by Crippen LogP contribution is -2.13. The van der Waals surface area contributed by atoms with Gasteiger partial charge in [-0.15, -0.1) is 0 Å². The summed E-state index contributed by atoms with van der Waals surface area (Å²) in [5.41, 5.74) is 1.47. The van der Waals surface area contributed by atoms with E-state index in [9.17, 15) is 0 Å². The summed E-state index contributed by atoms with van der Waals surface area (Å²) < 4.78 is 0. The van der Waals surface area contributed by atoms with Crippen LogP contribution < -0.4 is 0 Å². The zero-order valence-electron chi connectivity index (χ0n) is 6.70. The fraction of sp³-hybridized carbons (Fsp3) is 0.273. The van der Waals surface area contributed by atoms with Gasteiger partial charge in [-0.2, -0.15) is 0 Å². The van der Waals surface area contributed by atoms with Crippen molar-refractivity contribution in [2.45, 2.75) is 6.92 Å². The molecule has 0 bridgehead atoms. The van der Waals surface area contributed by atoms with Crippen molar-refractivity contribution in [2.24, 2.45) is 11.8 Å². The summed E-state index contributed by atoms with van der Waals surface area (Å²) in [5.74, 6) is 1.25. The Bertz CT molecular complexity index is 264. The van der Waals surface area contributed by atoms with E-state index >= 15 is 0 Å². The monoisotopic (exact) mass is 144 g/mol. The van der Waals surface area contributed by atoms with Crippen molar-refractivity contribution in [2.75, 3.05) is 0 Å². The second-order valence-electron chi connectivity index (χ2n) is 3.17. The Morgan fingerprint density at radius 3 is 2.55 bits per heavy atom. The lowest BCUT2D eigenvalue weighted by atomic mass is 9.80. The van der Waals surface area contributed by atoms with Gasteiger partial charge in [0, 0.05) is 11.8 Å². The number of hydrogen-bond donors (Lipinski definition) is 0. The molecule has 11 heavy (non-hydrogen) atoms. The standard InChI is InChI=1S/C11H12/c1-9-5-4-7-10-6-2-3-8-11(9)10/h2-8,10-11H,1H3. The van der Waals surface area contributed by atoms with Crippen LogP contribution in [0.25, 0.3) is 0 Å². The van der Waals surface area contributed by atoms with E-state index in [1.165, 1.54) is 5.57 Å². The average molecular weight is 144 g/mol. The van der Waals surface area contributed by atoms with Crippen LogP contribution in [0.2, 0.25) is 0 Å². The first-order valence-corrected chi connectivity index (χ1v) is 4.08. The van der Waals surface area contributed by atoms with Crippen LogP contribution in [0.15, 0.2) is 48.1 Å². The summed E-state index contributed by atoms with van der Waals surface area (Å²) in [6.07, 6.45) is 15.4. The van der Waals surface area contributed by atoms with Gasteiger partial charge in [0.25, 0.3) is 0 Å². The van der Waals surface area contributed by atoms with Crippen molar-refractivity contribution in [3.8, 4) is 0 Å². The molecule has 2 aliphatic rings. The molecule has 0 fully saturated rings. The summed E-state index contributed by atoms with van der Waals surface area (Å²) in [6, 6.07) is 0. The molecule has 0 aliphatic heterocycles. The molecular weight excluding hydrogens is 132 g/mol. The van der Waals surface area contributed by atoms with Crippen molar-refractivity contribution < 1.29 is 0 Å². The minimum Gasteiger partial charge on any atom is -0.0767 e. The van der Waals surface area contributed by atoms with Crippen molar-refractivity contribution in [3.63, 3.8) is 0 Å². The van der Waals surface area contributed by atoms with Gasteiger partial charge in [-0.1, -0.05) is 48.1 Å². The highest BCUT2D eigenvalue weighted by atomic mass is 14.2. The van der Waals surface area contributed by atoms with Crippen LogP contribution in [0.3, 0.4) is 0 Å². The maximum atomic E-state index is 2.28. The van der Waals surface area contributed by atoms with Crippen LogP contribution in [-0.2, 0) is 0 Å². The van der Waals surface area contributed by atoms with E-state index in [1.807, 2.05) is 0 Å². The highest BCUT2D eigenvalue weighted by molar-refractivity contribution is 5.32. The SMILES string of the molecule is CC1=CC=CC2C=CC=CC12. The smallest absolute Gasteiger partial charge is 0.00780 e. The maximum Gasteiger partial charge on any atom is 0.00780 e. The molecule has 0 saturated carbocycles. The van der Waals surface area contributed by atoms with Crippen molar-refractivity contribution in [1.29, 1.82) is 0 Å². The van der Waals surface area contributed by atoms with Gasteiger partial charge in [0.2, 0.25) is 0 Å². The van der Waals surface area contributed by atoms with Crippen molar-refractivity contribution >= 4 is 0 Å². The van der Waals surface area contributed by atoms with Crippen LogP contribution >= 0.6 is 0 Å². The molecule has 0 aromatic rings. The quantitative estimate of drug-likeness (QED) is 0.490. The summed E-state index contributed by atoms with van der Waals surface area (Å²) in [6.45, 7) is 2.20. The molecule has 2 rings (SSSR count). The second kappa shape index (κ2) is 2.54. The summed E-state index contributed by atoms with van der Waals surface area (Å²) >= 11 is 0. The van der Waals surface area contributed by atoms with Gasteiger partial charge in [-0.05, 0) is 6.92 Å². The fourth-order valence-corrected chi connectivity index (χ4v) is 1.71. The van der Waals surface area contributed by atoms with Crippen LogP contribution in [-0.4, -0.2) is 0 Å². The van der Waals surface area contributed by atoms with Crippen LogP contribution in [0, 0.1) is 11.8 Å². The van der Waals surface area contributed by atoms with Crippen molar-refractivity contribution in [1.82, 2.24) is 0 Å². The average Bonchev–Trinajstić information content (AvgIpc) is 2.06. The molecule has 2 aliphatic carbocycles. The molecule has 56 valence electrons. The fourth-order valence-electron chi connectivity index (χ4n) is 1.71. The van der Waals surface area contributed by atoms with Crippen LogP contribution in [0.5, 0.6) is 0 Å². The molecule has 0 aromatic carbocycles. The Morgan fingerprint density at radius 2 is 1.73 bits per heavy atom. The molecule has 0 radical (unpaired) electrons. The molecule has 0 amide bonds. The Morgan fingerprint density at radius 1 is 1.00 bits per heavy atom. The number of rotatable bonds is 0. The van der Waals surface area contributed by atoms with Gasteiger partial charge in [0.05, 0.1) is 0 Å². The largest absolute Gasteiger partial charge is 0.0767 e. The zero-order valence-corrected chi connectivity index (χ0v) is 6.70. The Labute approximate surface area is 67.6 Å². The van der Waals surface area contributed by atoms with E-state index in [-0.39, 0.29) is 0 Å². The number of fused-ring (bicyclic) bond motifs is 1. The molecule has 0 heteroatoms. The first kappa shape index (κ1) is 6.66. The Balaban J connectivity index is 2.33. The topological polar surface area (TPSA) is 0 Å². The summed E-state index contributed by atoms with van der Waals surface area (Å²) in [4.78, 5) is 0. The molecule has 0 saturated heterocycles. The van der Waals surface area contributed by atoms with E-state index in [0.29, 0.717) is 11.8 Å². The first-order chi connectivity index (χ1) is 5.38. The summed E-state index contributed by atoms with van der Waals surface area (Å²) in [7, 11) is 0. The van der Waals surface area contributed by atoms with E-state index in [2.05, 4.69) is 49.5 Å². The predicted molar refractivity (Wildman–Crippen MR) is 48.2 cm³/mol. The first-order valence-electron chi connectivity index (χ1n) is 4.08. The molecule has 0 heterocycles. The van der Waals surface area contributed by atoms with E-state index < -0.39 is 0 Å². The van der Waals surface area contributed by atoms with Crippen LogP contribution in [0.1, 0.15) is 6.92 Å². The maximum absolute atomic E-state index is 2.28. The predicted octanol–water partition coefficient (Wildman–Crippen LogP) is 2.86. The minimum atomic E-state index is 0.616. The van der Waals surface area contributed by atoms with Gasteiger partial charge < -0.3 is 0 Å². The highest BCUT2D eigenvalue weighted by Crippen LogP contribution is 2.30. The second-order valence-corrected chi connectivity index (χ2v) is 3.17. The third-order valence-corrected chi connectivity index (χ3v) is 2.40. The Kier molecular flexibility index (Phi) is 1.54. The molecule has 0 nitrogen and oxygen atoms in total. The van der Waals surface area contributed by atoms with Crippen molar-refractivity contribution in [3.05, 3.63) is 48.1 Å². The minimum absolute atomic E-state index is 0.616.